The summed E-state index contributed by atoms with van der Waals surface area (Å²) in [7, 11) is 0. The zero-order valence-electron chi connectivity index (χ0n) is 4.81. The van der Waals surface area contributed by atoms with E-state index in [0.717, 1.165) is 0 Å². The van der Waals surface area contributed by atoms with Gasteiger partial charge in [0.05, 0.1) is 10.2 Å². The first-order valence-corrected chi connectivity index (χ1v) is 3.26. The van der Waals surface area contributed by atoms with Crippen molar-refractivity contribution in [2.24, 2.45) is 8.73 Å². The molecule has 11 heteroatoms. The second-order valence-electron chi connectivity index (χ2n) is 0.553. The van der Waals surface area contributed by atoms with E-state index in [1.165, 1.54) is 0 Å². The molecule has 0 aromatic heterocycles. The molecule has 0 aromatic carbocycles. The van der Waals surface area contributed by atoms with Crippen molar-refractivity contribution in [3.8, 4) is 0 Å². The van der Waals surface area contributed by atoms with Gasteiger partial charge in [0.15, 0.2) is 0 Å². The summed E-state index contributed by atoms with van der Waals surface area (Å²) in [4.78, 5) is 16.5. The first-order valence-electron chi connectivity index (χ1n) is 1.46. The molecule has 10 nitrogen and oxygen atoms in total. The van der Waals surface area contributed by atoms with Gasteiger partial charge in [-0.25, -0.2) is 0 Å². The molecule has 0 radical (unpaired) electrons. The van der Waals surface area contributed by atoms with Crippen molar-refractivity contribution in [2.45, 2.75) is 0 Å². The fourth-order valence-corrected chi connectivity index (χ4v) is 0. The summed E-state index contributed by atoms with van der Waals surface area (Å²) >= 11 is -0.0500. The van der Waals surface area contributed by atoms with Gasteiger partial charge in [-0.1, -0.05) is 0 Å². The minimum absolute atomic E-state index is 0.0500. The van der Waals surface area contributed by atoms with Gasteiger partial charge in [-0.15, -0.1) is 0 Å². The van der Waals surface area contributed by atoms with Gasteiger partial charge in [-0.2, -0.15) is 0 Å². The molecule has 0 heterocycles. The molecule has 0 atom stereocenters. The molecule has 0 rings (SSSR count). The third kappa shape index (κ3) is 423. The summed E-state index contributed by atoms with van der Waals surface area (Å²) in [5.74, 6) is 0. The number of hydrogen-bond acceptors (Lipinski definition) is 8. The summed E-state index contributed by atoms with van der Waals surface area (Å²) in [6.07, 6.45) is 0. The molecule has 70 valence electrons. The predicted molar refractivity (Wildman–Crippen MR) is 29.1 cm³/mol. The number of nitrogens with two attached hydrogens (primary N) is 2. The van der Waals surface area contributed by atoms with Crippen LogP contribution >= 0.6 is 0 Å². The van der Waals surface area contributed by atoms with Crippen molar-refractivity contribution in [1.29, 1.82) is 0 Å². The van der Waals surface area contributed by atoms with E-state index < -0.39 is 10.2 Å². The average Bonchev–Trinajstić information content (AvgIpc) is 1.60. The van der Waals surface area contributed by atoms with Gasteiger partial charge in [0.2, 0.25) is 0 Å². The van der Waals surface area contributed by atoms with Crippen LogP contribution < -0.4 is 8.73 Å². The minimum atomic E-state index is -1.75. The number of hydrogen-bond donors (Lipinski definition) is 2. The molecule has 0 aliphatic rings. The second kappa shape index (κ2) is 16.0. The average molecular weight is 262 g/mol. The fraction of sp³-hybridized carbons (Fsp3) is 0. The van der Waals surface area contributed by atoms with E-state index in [1.54, 1.807) is 0 Å². The van der Waals surface area contributed by atoms with Crippen LogP contribution in [0, 0.1) is 30.6 Å². The maximum absolute atomic E-state index is 8.25. The Bertz CT molecular complexity index is 82.8. The molecule has 0 fully saturated rings. The van der Waals surface area contributed by atoms with Gasteiger partial charge < -0.3 is 30.6 Å². The third-order valence-electron chi connectivity index (χ3n) is 0. The summed E-state index contributed by atoms with van der Waals surface area (Å²) in [6.45, 7) is 0. The Labute approximate surface area is 68.7 Å². The van der Waals surface area contributed by atoms with E-state index in [4.69, 9.17) is 30.6 Å². The van der Waals surface area contributed by atoms with Crippen LogP contribution in [0.15, 0.2) is 0 Å². The van der Waals surface area contributed by atoms with Crippen LogP contribution in [0.2, 0.25) is 0 Å². The van der Waals surface area contributed by atoms with Crippen molar-refractivity contribution in [3.63, 3.8) is 0 Å². The van der Waals surface area contributed by atoms with Crippen LogP contribution in [0.4, 0.5) is 0 Å². The molecule has 0 aliphatic carbocycles. The van der Waals surface area contributed by atoms with Gasteiger partial charge in [0.1, 0.15) is 0 Å². The van der Waals surface area contributed by atoms with E-state index >= 15 is 0 Å². The van der Waals surface area contributed by atoms with Crippen LogP contribution in [0.1, 0.15) is 0 Å². The second-order valence-corrected chi connectivity index (χ2v) is 1.07. The van der Waals surface area contributed by atoms with Gasteiger partial charge in [0, 0.05) is 0 Å². The van der Waals surface area contributed by atoms with E-state index in [2.05, 4.69) is 8.73 Å². The SMILES string of the molecule is O=[N+]([O-])[O-].O=[N+]([O-])[O-].[NH2][Pd+2][NH2]. The van der Waals surface area contributed by atoms with Crippen LogP contribution in [0.5, 0.6) is 0 Å². The molecule has 0 saturated carbocycles. The van der Waals surface area contributed by atoms with E-state index in [-0.39, 0.29) is 18.5 Å². The standard InChI is InChI=1S/2NO3.2H2N.Pd/c2*2-1(3)4;;;/h;;2*1H2;/q4*-1;+4. The topological polar surface area (TPSA) is 184 Å². The van der Waals surface area contributed by atoms with Gasteiger partial charge in [-0.3, -0.25) is 0 Å². The Kier molecular flexibility index (Phi) is 24.0. The summed E-state index contributed by atoms with van der Waals surface area (Å²) < 4.78 is 9.35. The molecule has 0 unspecified atom stereocenters. The Hall–Kier alpha value is -1.02. The van der Waals surface area contributed by atoms with Gasteiger partial charge >= 0.3 is 27.2 Å². The Morgan fingerprint density at radius 2 is 0.909 bits per heavy atom. The van der Waals surface area contributed by atoms with Crippen molar-refractivity contribution >= 4 is 0 Å². The zero-order valence-corrected chi connectivity index (χ0v) is 6.37. The predicted octanol–water partition coefficient (Wildman–Crippen LogP) is -1.66. The van der Waals surface area contributed by atoms with Crippen molar-refractivity contribution in [2.75, 3.05) is 0 Å². The summed E-state index contributed by atoms with van der Waals surface area (Å²) in [6, 6.07) is 0. The van der Waals surface area contributed by atoms with Gasteiger partial charge in [0.25, 0.3) is 0 Å². The van der Waals surface area contributed by atoms with Crippen LogP contribution in [0.3, 0.4) is 0 Å². The van der Waals surface area contributed by atoms with E-state index in [0.29, 0.717) is 0 Å². The first-order chi connectivity index (χ1) is 4.88. The van der Waals surface area contributed by atoms with E-state index in [9.17, 15) is 0 Å². The van der Waals surface area contributed by atoms with E-state index in [1.807, 2.05) is 0 Å². The Morgan fingerprint density at radius 1 is 0.909 bits per heavy atom. The van der Waals surface area contributed by atoms with Crippen LogP contribution in [-0.2, 0) is 18.5 Å². The van der Waals surface area contributed by atoms with Crippen molar-refractivity contribution in [1.82, 2.24) is 0 Å². The Balaban J connectivity index is -0.0000000886. The van der Waals surface area contributed by atoms with Crippen LogP contribution in [-0.4, -0.2) is 10.2 Å². The molecular weight excluding hydrogens is 258 g/mol. The molecule has 0 bridgehead atoms. The fourth-order valence-electron chi connectivity index (χ4n) is 0. The summed E-state index contributed by atoms with van der Waals surface area (Å²) in [5, 5.41) is 29.5. The third-order valence-corrected chi connectivity index (χ3v) is 0. The number of nitrogens with zero attached hydrogens (tertiary/aromatic N) is 2. The molecule has 4 N–H and O–H groups in total. The van der Waals surface area contributed by atoms with Crippen molar-refractivity contribution < 1.29 is 28.6 Å². The quantitative estimate of drug-likeness (QED) is 0.295. The monoisotopic (exact) mass is 262 g/mol. The zero-order chi connectivity index (χ0) is 9.86. The maximum atomic E-state index is 8.25. The van der Waals surface area contributed by atoms with Crippen LogP contribution in [0.25, 0.3) is 0 Å². The first kappa shape index (κ1) is 16.5. The molecule has 0 aliphatic heterocycles. The summed E-state index contributed by atoms with van der Waals surface area (Å²) in [5.41, 5.74) is 0. The molecular formula is H4N4O6Pd. The molecule has 0 amide bonds. The van der Waals surface area contributed by atoms with Gasteiger partial charge in [-0.05, 0) is 0 Å². The van der Waals surface area contributed by atoms with Crippen molar-refractivity contribution in [3.05, 3.63) is 30.6 Å². The molecule has 0 spiro atoms. The normalized spacial score (nSPS) is 6.36. The molecule has 0 aromatic rings. The Morgan fingerprint density at radius 3 is 0.909 bits per heavy atom. The molecule has 0 saturated heterocycles. The number of rotatable bonds is 0. The molecule has 11 heavy (non-hydrogen) atoms.